The van der Waals surface area contributed by atoms with Crippen LogP contribution in [0, 0.1) is 17.3 Å². The Kier molecular flexibility index (Phi) is 8.30. The monoisotopic (exact) mass is 300 g/mol. The van der Waals surface area contributed by atoms with Crippen LogP contribution in [0.1, 0.15) is 61.8 Å². The number of hydrogen-bond acceptors (Lipinski definition) is 3. The van der Waals surface area contributed by atoms with Gasteiger partial charge < -0.3 is 15.4 Å². The molecule has 0 spiro atoms. The van der Waals surface area contributed by atoms with Gasteiger partial charge in [0.05, 0.1) is 0 Å². The third kappa shape index (κ3) is 12.7. The summed E-state index contributed by atoms with van der Waals surface area (Å²) in [5, 5.41) is 6.38. The van der Waals surface area contributed by atoms with Gasteiger partial charge in [-0.15, -0.1) is 0 Å². The number of carbonyl (C=O) groups excluding carboxylic acids is 1. The predicted octanol–water partition coefficient (Wildman–Crippen LogP) is 3.81. The van der Waals surface area contributed by atoms with Crippen LogP contribution in [-0.2, 0) is 4.74 Å². The average molecular weight is 300 g/mol. The van der Waals surface area contributed by atoms with Gasteiger partial charge in [-0.25, -0.2) is 4.79 Å². The molecule has 0 aromatic heterocycles. The second-order valence-corrected chi connectivity index (χ2v) is 8.40. The summed E-state index contributed by atoms with van der Waals surface area (Å²) in [6.45, 7) is 19.3. The van der Waals surface area contributed by atoms with Gasteiger partial charge in [-0.2, -0.15) is 0 Å². The van der Waals surface area contributed by atoms with Crippen molar-refractivity contribution in [3.05, 3.63) is 0 Å². The predicted molar refractivity (Wildman–Crippen MR) is 89.5 cm³/mol. The fourth-order valence-corrected chi connectivity index (χ4v) is 1.82. The van der Waals surface area contributed by atoms with Crippen LogP contribution in [-0.4, -0.2) is 31.3 Å². The van der Waals surface area contributed by atoms with Gasteiger partial charge in [0.15, 0.2) is 0 Å². The fourth-order valence-electron chi connectivity index (χ4n) is 1.82. The van der Waals surface area contributed by atoms with Crippen molar-refractivity contribution in [2.45, 2.75) is 67.4 Å². The molecule has 0 bridgehead atoms. The summed E-state index contributed by atoms with van der Waals surface area (Å²) in [4.78, 5) is 11.7. The van der Waals surface area contributed by atoms with E-state index in [-0.39, 0.29) is 6.09 Å². The van der Waals surface area contributed by atoms with Crippen molar-refractivity contribution in [2.75, 3.05) is 19.6 Å². The zero-order valence-corrected chi connectivity index (χ0v) is 15.3. The topological polar surface area (TPSA) is 50.4 Å². The summed E-state index contributed by atoms with van der Waals surface area (Å²) < 4.78 is 5.27. The molecule has 4 heteroatoms. The maximum atomic E-state index is 11.7. The molecule has 0 aromatic carbocycles. The van der Waals surface area contributed by atoms with Gasteiger partial charge in [-0.05, 0) is 57.5 Å². The van der Waals surface area contributed by atoms with Gasteiger partial charge in [0.1, 0.15) is 5.60 Å². The Labute approximate surface area is 131 Å². The van der Waals surface area contributed by atoms with Gasteiger partial charge in [0.2, 0.25) is 0 Å². The quantitative estimate of drug-likeness (QED) is 0.703. The van der Waals surface area contributed by atoms with E-state index in [1.165, 1.54) is 0 Å². The highest BCUT2D eigenvalue weighted by Gasteiger charge is 2.19. The minimum absolute atomic E-state index is 0.331. The maximum absolute atomic E-state index is 11.7. The molecular formula is C17H36N2O2. The Morgan fingerprint density at radius 2 is 1.62 bits per heavy atom. The van der Waals surface area contributed by atoms with E-state index >= 15 is 0 Å². The first-order valence-electron chi connectivity index (χ1n) is 8.08. The highest BCUT2D eigenvalue weighted by Crippen LogP contribution is 2.17. The van der Waals surface area contributed by atoms with E-state index in [1.54, 1.807) is 0 Å². The smallest absolute Gasteiger partial charge is 0.407 e. The molecule has 1 atom stereocenters. The zero-order valence-electron chi connectivity index (χ0n) is 15.3. The highest BCUT2D eigenvalue weighted by atomic mass is 16.6. The highest BCUT2D eigenvalue weighted by molar-refractivity contribution is 5.67. The Morgan fingerprint density at radius 1 is 1.05 bits per heavy atom. The number of amides is 1. The summed E-state index contributed by atoms with van der Waals surface area (Å²) in [5.41, 5.74) is -0.0859. The molecule has 126 valence electrons. The van der Waals surface area contributed by atoms with E-state index in [0.717, 1.165) is 19.5 Å². The number of alkyl carbamates (subject to hydrolysis) is 1. The van der Waals surface area contributed by atoms with Gasteiger partial charge in [0, 0.05) is 6.54 Å². The number of nitrogens with one attached hydrogen (secondary N) is 2. The molecule has 0 aromatic rings. The van der Waals surface area contributed by atoms with E-state index < -0.39 is 5.60 Å². The normalized spacial score (nSPS) is 14.1. The second kappa shape index (κ2) is 8.62. The molecule has 1 unspecified atom stereocenters. The van der Waals surface area contributed by atoms with Crippen LogP contribution in [0.15, 0.2) is 0 Å². The Bertz CT molecular complexity index is 301. The summed E-state index contributed by atoms with van der Waals surface area (Å²) in [6.07, 6.45) is 0.819. The maximum Gasteiger partial charge on any atom is 0.407 e. The van der Waals surface area contributed by atoms with Crippen molar-refractivity contribution in [1.82, 2.24) is 10.6 Å². The van der Waals surface area contributed by atoms with Crippen LogP contribution in [0.25, 0.3) is 0 Å². The molecule has 1 amide bonds. The lowest BCUT2D eigenvalue weighted by Gasteiger charge is -2.25. The fraction of sp³-hybridized carbons (Fsp3) is 0.941. The number of rotatable bonds is 7. The molecule has 0 rings (SSSR count). The third-order valence-electron chi connectivity index (χ3n) is 3.31. The molecular weight excluding hydrogens is 264 g/mol. The largest absolute Gasteiger partial charge is 0.444 e. The van der Waals surface area contributed by atoms with E-state index in [0.29, 0.717) is 23.8 Å². The summed E-state index contributed by atoms with van der Waals surface area (Å²) in [6, 6.07) is 0. The van der Waals surface area contributed by atoms with Crippen molar-refractivity contribution in [3.8, 4) is 0 Å². The minimum Gasteiger partial charge on any atom is -0.444 e. The molecule has 0 saturated heterocycles. The molecule has 0 radical (unpaired) electrons. The van der Waals surface area contributed by atoms with E-state index in [9.17, 15) is 4.79 Å². The molecule has 0 aliphatic heterocycles. The number of hydrogen-bond donors (Lipinski definition) is 2. The molecule has 0 saturated carbocycles. The first kappa shape index (κ1) is 20.2. The Balaban J connectivity index is 4.06. The van der Waals surface area contributed by atoms with Crippen LogP contribution in [0.2, 0.25) is 0 Å². The van der Waals surface area contributed by atoms with Crippen LogP contribution >= 0.6 is 0 Å². The molecule has 0 fully saturated rings. The first-order valence-corrected chi connectivity index (χ1v) is 8.08. The van der Waals surface area contributed by atoms with Crippen LogP contribution in [0.5, 0.6) is 0 Å². The zero-order chi connectivity index (χ0) is 16.7. The van der Waals surface area contributed by atoms with Crippen molar-refractivity contribution in [1.29, 1.82) is 0 Å². The van der Waals surface area contributed by atoms with Crippen molar-refractivity contribution >= 4 is 6.09 Å². The Hall–Kier alpha value is -0.770. The first-order chi connectivity index (χ1) is 9.41. The lowest BCUT2D eigenvalue weighted by Crippen LogP contribution is -2.40. The van der Waals surface area contributed by atoms with Crippen LogP contribution < -0.4 is 10.6 Å². The third-order valence-corrected chi connectivity index (χ3v) is 3.31. The second-order valence-electron chi connectivity index (χ2n) is 8.40. The van der Waals surface area contributed by atoms with Gasteiger partial charge in [0.25, 0.3) is 0 Å². The van der Waals surface area contributed by atoms with Crippen molar-refractivity contribution in [2.24, 2.45) is 17.3 Å². The average Bonchev–Trinajstić information content (AvgIpc) is 2.23. The molecule has 0 aliphatic carbocycles. The van der Waals surface area contributed by atoms with Crippen molar-refractivity contribution < 1.29 is 9.53 Å². The molecule has 2 N–H and O–H groups in total. The lowest BCUT2D eigenvalue weighted by molar-refractivity contribution is 0.0515. The molecule has 21 heavy (non-hydrogen) atoms. The summed E-state index contributed by atoms with van der Waals surface area (Å²) in [7, 11) is 0. The molecule has 4 nitrogen and oxygen atoms in total. The standard InChI is InChI=1S/C17H36N2O2/c1-13(2)14(11-18-10-9-16(3,4)5)12-19-15(20)21-17(6,7)8/h13-14,18H,9-12H2,1-8H3,(H,19,20). The SMILES string of the molecule is CC(C)C(CNCCC(C)(C)C)CNC(=O)OC(C)(C)C. The van der Waals surface area contributed by atoms with E-state index in [1.807, 2.05) is 20.8 Å². The summed E-state index contributed by atoms with van der Waals surface area (Å²) >= 11 is 0. The number of carbonyl (C=O) groups is 1. The van der Waals surface area contributed by atoms with Crippen LogP contribution in [0.3, 0.4) is 0 Å². The number of ether oxygens (including phenoxy) is 1. The van der Waals surface area contributed by atoms with Gasteiger partial charge in [-0.3, -0.25) is 0 Å². The van der Waals surface area contributed by atoms with E-state index in [2.05, 4.69) is 45.3 Å². The van der Waals surface area contributed by atoms with Gasteiger partial charge in [-0.1, -0.05) is 34.6 Å². The minimum atomic E-state index is -0.442. The lowest BCUT2D eigenvalue weighted by atomic mass is 9.92. The summed E-state index contributed by atoms with van der Waals surface area (Å²) in [5.74, 6) is 0.930. The van der Waals surface area contributed by atoms with Crippen molar-refractivity contribution in [3.63, 3.8) is 0 Å². The molecule has 0 heterocycles. The van der Waals surface area contributed by atoms with Gasteiger partial charge >= 0.3 is 6.09 Å². The Morgan fingerprint density at radius 3 is 2.05 bits per heavy atom. The molecule has 0 aliphatic rings. The van der Waals surface area contributed by atoms with E-state index in [4.69, 9.17) is 4.74 Å². The van der Waals surface area contributed by atoms with Crippen LogP contribution in [0.4, 0.5) is 4.79 Å².